The summed E-state index contributed by atoms with van der Waals surface area (Å²) in [5, 5.41) is 0. The minimum absolute atomic E-state index is 0.348. The maximum atomic E-state index is 12.2. The molecule has 0 aliphatic carbocycles. The Balaban J connectivity index is 3.43. The second-order valence-corrected chi connectivity index (χ2v) is 4.93. The van der Waals surface area contributed by atoms with Crippen molar-refractivity contribution in [1.29, 1.82) is 0 Å². The van der Waals surface area contributed by atoms with Crippen LogP contribution in [0, 0.1) is 10.8 Å². The molecule has 3 heteroatoms. The number of carbonyl (C=O) groups is 2. The first kappa shape index (κ1) is 16.2. The van der Waals surface area contributed by atoms with Crippen LogP contribution in [-0.4, -0.2) is 11.9 Å². The summed E-state index contributed by atoms with van der Waals surface area (Å²) in [5.74, 6) is -1.02. The van der Waals surface area contributed by atoms with Crippen LogP contribution in [0.1, 0.15) is 34.1 Å². The number of rotatable bonds is 4. The second kappa shape index (κ2) is 6.51. The Kier molecular flexibility index (Phi) is 5.26. The third-order valence-electron chi connectivity index (χ3n) is 3.39. The highest BCUT2D eigenvalue weighted by Gasteiger charge is 2.52. The molecule has 0 amide bonds. The molecule has 1 fully saturated rings. The molecule has 0 spiro atoms. The van der Waals surface area contributed by atoms with Crippen molar-refractivity contribution in [2.45, 2.75) is 34.1 Å². The van der Waals surface area contributed by atoms with E-state index in [2.05, 4.69) is 0 Å². The average Bonchev–Trinajstić information content (AvgIpc) is 2.38. The molecular weight excluding hydrogens is 252 g/mol. The summed E-state index contributed by atoms with van der Waals surface area (Å²) in [5.41, 5.74) is -1.78. The molecule has 1 aliphatic rings. The van der Waals surface area contributed by atoms with E-state index in [1.807, 2.05) is 52.0 Å². The zero-order valence-electron chi connectivity index (χ0n) is 12.6. The molecule has 0 unspecified atom stereocenters. The van der Waals surface area contributed by atoms with Gasteiger partial charge in [0.1, 0.15) is 10.8 Å². The minimum atomic E-state index is -0.892. The van der Waals surface area contributed by atoms with Crippen molar-refractivity contribution < 1.29 is 14.3 Å². The Bertz CT molecular complexity index is 424. The lowest BCUT2D eigenvalue weighted by molar-refractivity contribution is -0.175. The third-order valence-corrected chi connectivity index (χ3v) is 3.39. The summed E-state index contributed by atoms with van der Waals surface area (Å²) in [4.78, 5) is 24.4. The van der Waals surface area contributed by atoms with E-state index < -0.39 is 22.8 Å². The van der Waals surface area contributed by atoms with Gasteiger partial charge in [0.05, 0.1) is 0 Å². The number of carbonyl (C=O) groups excluding carboxylic acids is 2. The van der Waals surface area contributed by atoms with Gasteiger partial charge in [-0.2, -0.15) is 0 Å². The van der Waals surface area contributed by atoms with Gasteiger partial charge in [0, 0.05) is 0 Å². The lowest BCUT2D eigenvalue weighted by Crippen LogP contribution is -2.47. The summed E-state index contributed by atoms with van der Waals surface area (Å²) in [6.07, 6.45) is 14.8. The maximum Gasteiger partial charge on any atom is 0.327 e. The van der Waals surface area contributed by atoms with Crippen molar-refractivity contribution in [1.82, 2.24) is 0 Å². The zero-order chi connectivity index (χ0) is 15.2. The Hall–Kier alpha value is -1.90. The van der Waals surface area contributed by atoms with Crippen LogP contribution in [0.2, 0.25) is 0 Å². The first-order valence-corrected chi connectivity index (χ1v) is 6.82. The first-order valence-electron chi connectivity index (χ1n) is 6.82. The number of cyclic esters (lactones) is 2. The molecule has 1 aliphatic heterocycles. The molecular formula is C17H22O3. The van der Waals surface area contributed by atoms with Crippen molar-refractivity contribution in [3.63, 3.8) is 0 Å². The van der Waals surface area contributed by atoms with E-state index in [9.17, 15) is 9.59 Å². The van der Waals surface area contributed by atoms with Gasteiger partial charge in [0.15, 0.2) is 0 Å². The number of ether oxygens (including phenoxy) is 1. The highest BCUT2D eigenvalue weighted by atomic mass is 16.6. The fourth-order valence-corrected chi connectivity index (χ4v) is 2.71. The van der Waals surface area contributed by atoms with Crippen molar-refractivity contribution in [2.75, 3.05) is 0 Å². The molecule has 3 nitrogen and oxygen atoms in total. The van der Waals surface area contributed by atoms with E-state index in [0.29, 0.717) is 6.42 Å². The monoisotopic (exact) mass is 274 g/mol. The van der Waals surface area contributed by atoms with Crippen LogP contribution in [0.3, 0.4) is 0 Å². The lowest BCUT2D eigenvalue weighted by Gasteiger charge is -2.38. The van der Waals surface area contributed by atoms with Gasteiger partial charge in [-0.05, 0) is 34.1 Å². The van der Waals surface area contributed by atoms with Gasteiger partial charge in [-0.3, -0.25) is 9.59 Å². The Morgan fingerprint density at radius 2 is 1.05 bits per heavy atom. The van der Waals surface area contributed by atoms with E-state index in [1.165, 1.54) is 0 Å². The largest absolute Gasteiger partial charge is 0.391 e. The molecule has 0 aromatic heterocycles. The second-order valence-electron chi connectivity index (χ2n) is 4.93. The van der Waals surface area contributed by atoms with E-state index in [4.69, 9.17) is 4.74 Å². The van der Waals surface area contributed by atoms with Gasteiger partial charge in [-0.25, -0.2) is 0 Å². The van der Waals surface area contributed by atoms with Crippen molar-refractivity contribution in [2.24, 2.45) is 10.8 Å². The summed E-state index contributed by atoms with van der Waals surface area (Å²) >= 11 is 0. The van der Waals surface area contributed by atoms with E-state index in [1.54, 1.807) is 24.3 Å². The van der Waals surface area contributed by atoms with E-state index in [0.717, 1.165) is 0 Å². The van der Waals surface area contributed by atoms with Crippen molar-refractivity contribution >= 4 is 11.9 Å². The molecule has 0 bridgehead atoms. The molecule has 0 N–H and O–H groups in total. The van der Waals surface area contributed by atoms with Crippen LogP contribution >= 0.6 is 0 Å². The number of hydrogen-bond donors (Lipinski definition) is 0. The highest BCUT2D eigenvalue weighted by Crippen LogP contribution is 2.45. The Morgan fingerprint density at radius 1 is 0.750 bits per heavy atom. The topological polar surface area (TPSA) is 43.4 Å². The van der Waals surface area contributed by atoms with Crippen LogP contribution in [0.15, 0.2) is 48.6 Å². The van der Waals surface area contributed by atoms with Crippen LogP contribution in [0.5, 0.6) is 0 Å². The van der Waals surface area contributed by atoms with Crippen LogP contribution in [0.25, 0.3) is 0 Å². The van der Waals surface area contributed by atoms with Gasteiger partial charge in [0.25, 0.3) is 0 Å². The predicted octanol–water partition coefficient (Wildman–Crippen LogP) is 3.74. The smallest absolute Gasteiger partial charge is 0.327 e. The molecule has 0 radical (unpaired) electrons. The summed E-state index contributed by atoms with van der Waals surface area (Å²) < 4.78 is 5.05. The SMILES string of the molecule is CC=CC1(C=CC)CC(C=CC)(C=CC)C(=O)OC1=O. The van der Waals surface area contributed by atoms with Gasteiger partial charge >= 0.3 is 11.9 Å². The Morgan fingerprint density at radius 3 is 1.30 bits per heavy atom. The van der Waals surface area contributed by atoms with Gasteiger partial charge in [0.2, 0.25) is 0 Å². The van der Waals surface area contributed by atoms with E-state index >= 15 is 0 Å². The molecule has 0 aromatic rings. The van der Waals surface area contributed by atoms with Crippen LogP contribution in [-0.2, 0) is 14.3 Å². The van der Waals surface area contributed by atoms with Crippen LogP contribution < -0.4 is 0 Å². The number of hydrogen-bond acceptors (Lipinski definition) is 3. The molecule has 0 saturated carbocycles. The summed E-state index contributed by atoms with van der Waals surface area (Å²) in [7, 11) is 0. The van der Waals surface area contributed by atoms with Gasteiger partial charge < -0.3 is 4.74 Å². The van der Waals surface area contributed by atoms with Gasteiger partial charge in [-0.1, -0.05) is 48.6 Å². The number of allylic oxidation sites excluding steroid dienone is 4. The quantitative estimate of drug-likeness (QED) is 0.445. The van der Waals surface area contributed by atoms with Crippen LogP contribution in [0.4, 0.5) is 0 Å². The molecule has 1 rings (SSSR count). The van der Waals surface area contributed by atoms with Gasteiger partial charge in [-0.15, -0.1) is 0 Å². The summed E-state index contributed by atoms with van der Waals surface area (Å²) in [6.45, 7) is 7.40. The number of esters is 2. The fraction of sp³-hybridized carbons (Fsp3) is 0.412. The molecule has 0 aromatic carbocycles. The Labute approximate surface area is 120 Å². The zero-order valence-corrected chi connectivity index (χ0v) is 12.6. The van der Waals surface area contributed by atoms with E-state index in [-0.39, 0.29) is 0 Å². The van der Waals surface area contributed by atoms with Crippen molar-refractivity contribution in [3.05, 3.63) is 48.6 Å². The van der Waals surface area contributed by atoms with Crippen molar-refractivity contribution in [3.8, 4) is 0 Å². The normalized spacial score (nSPS) is 32.0. The third kappa shape index (κ3) is 2.82. The molecule has 108 valence electrons. The standard InChI is InChI=1S/C17H22O3/c1-5-9-16(10-6-2)13-17(11-7-3,12-8-4)15(19)20-14(16)18/h5-12H,13H2,1-4H3. The molecule has 1 saturated heterocycles. The molecule has 1 heterocycles. The maximum absolute atomic E-state index is 12.2. The first-order chi connectivity index (χ1) is 9.50. The average molecular weight is 274 g/mol. The molecule has 20 heavy (non-hydrogen) atoms. The predicted molar refractivity (Wildman–Crippen MR) is 79.8 cm³/mol. The minimum Gasteiger partial charge on any atom is -0.391 e. The summed E-state index contributed by atoms with van der Waals surface area (Å²) in [6, 6.07) is 0. The fourth-order valence-electron chi connectivity index (χ4n) is 2.71. The molecule has 0 atom stereocenters. The lowest BCUT2D eigenvalue weighted by atomic mass is 9.68. The highest BCUT2D eigenvalue weighted by molar-refractivity contribution is 5.99.